The van der Waals surface area contributed by atoms with Gasteiger partial charge in [-0.1, -0.05) is 37.5 Å². The first-order chi connectivity index (χ1) is 20.7. The van der Waals surface area contributed by atoms with Gasteiger partial charge in [-0.3, -0.25) is 9.59 Å². The van der Waals surface area contributed by atoms with Gasteiger partial charge in [0.05, 0.1) is 37.3 Å². The van der Waals surface area contributed by atoms with E-state index in [9.17, 15) is 9.59 Å². The Hall–Kier alpha value is -3.21. The van der Waals surface area contributed by atoms with E-state index < -0.39 is 11.6 Å². The summed E-state index contributed by atoms with van der Waals surface area (Å²) in [5.74, 6) is 1.40. The van der Waals surface area contributed by atoms with E-state index >= 15 is 0 Å². The van der Waals surface area contributed by atoms with E-state index in [1.165, 1.54) is 19.3 Å². The number of nitrogens with two attached hydrogens (primary N) is 1. The van der Waals surface area contributed by atoms with Crippen LogP contribution >= 0.6 is 0 Å². The van der Waals surface area contributed by atoms with Gasteiger partial charge in [0.1, 0.15) is 11.8 Å². The maximum atomic E-state index is 13.3. The third-order valence-electron chi connectivity index (χ3n) is 8.06. The number of para-hydroxylation sites is 1. The highest BCUT2D eigenvalue weighted by Crippen LogP contribution is 2.29. The summed E-state index contributed by atoms with van der Waals surface area (Å²) >= 11 is 0. The van der Waals surface area contributed by atoms with Gasteiger partial charge in [0.2, 0.25) is 17.7 Å². The van der Waals surface area contributed by atoms with Crippen molar-refractivity contribution >= 4 is 17.5 Å². The minimum absolute atomic E-state index is 0.121. The molecule has 0 bridgehead atoms. The summed E-state index contributed by atoms with van der Waals surface area (Å²) in [5.41, 5.74) is 7.37. The lowest BCUT2D eigenvalue weighted by Gasteiger charge is -2.33. The molecule has 1 aromatic carbocycles. The Bertz CT molecular complexity index is 1160. The van der Waals surface area contributed by atoms with Crippen molar-refractivity contribution in [2.45, 2.75) is 89.9 Å². The Morgan fingerprint density at radius 1 is 1.12 bits per heavy atom. The van der Waals surface area contributed by atoms with Crippen molar-refractivity contribution in [3.63, 3.8) is 0 Å². The largest absolute Gasteiger partial charge is 0.439 e. The SMILES string of the molecule is CC(C)(C)OCC(NC(=O)CCC(NCc1cc(Oc2ccccc2)ncc1N)C1CCCCC1)C(=O)N1CCOCC1. The van der Waals surface area contributed by atoms with Crippen LogP contribution in [0.15, 0.2) is 42.6 Å². The number of morpholine rings is 1. The maximum absolute atomic E-state index is 13.3. The molecule has 4 N–H and O–H groups in total. The number of nitrogens with zero attached hydrogens (tertiary/aromatic N) is 2. The molecule has 10 heteroatoms. The number of hydrogen-bond acceptors (Lipinski definition) is 8. The van der Waals surface area contributed by atoms with Gasteiger partial charge in [0.15, 0.2) is 0 Å². The van der Waals surface area contributed by atoms with Gasteiger partial charge < -0.3 is 35.5 Å². The van der Waals surface area contributed by atoms with Crippen LogP contribution in [0.1, 0.15) is 71.3 Å². The molecule has 1 aliphatic heterocycles. The summed E-state index contributed by atoms with van der Waals surface area (Å²) in [7, 11) is 0. The van der Waals surface area contributed by atoms with Gasteiger partial charge in [-0.25, -0.2) is 4.98 Å². The first-order valence-electron chi connectivity index (χ1n) is 15.7. The summed E-state index contributed by atoms with van der Waals surface area (Å²) in [6.45, 7) is 8.54. The fourth-order valence-electron chi connectivity index (χ4n) is 5.65. The molecular weight excluding hydrogens is 546 g/mol. The number of rotatable bonds is 13. The normalized spacial score (nSPS) is 17.7. The van der Waals surface area contributed by atoms with Crippen molar-refractivity contribution < 1.29 is 23.8 Å². The van der Waals surface area contributed by atoms with Crippen LogP contribution in [0.3, 0.4) is 0 Å². The Kier molecular flexibility index (Phi) is 12.2. The molecule has 43 heavy (non-hydrogen) atoms. The lowest BCUT2D eigenvalue weighted by molar-refractivity contribution is -0.143. The van der Waals surface area contributed by atoms with E-state index in [1.807, 2.05) is 57.2 Å². The number of carbonyl (C=O) groups excluding carboxylic acids is 2. The molecule has 0 radical (unpaired) electrons. The number of pyridine rings is 1. The molecule has 0 spiro atoms. The molecule has 2 aliphatic rings. The molecule has 10 nitrogen and oxygen atoms in total. The standard InChI is InChI=1S/C33H49N5O5/c1-33(2,3)42-23-29(32(40)38-16-18-41-19-17-38)37-30(39)15-14-28(24-10-6-4-7-11-24)35-21-25-20-31(36-22-27(25)34)43-26-12-8-5-9-13-26/h5,8-9,12-13,20,22,24,28-29,35H,4,6-7,10-11,14-19,21,23,34H2,1-3H3,(H,37,39). The highest BCUT2D eigenvalue weighted by atomic mass is 16.5. The Morgan fingerprint density at radius 2 is 1.84 bits per heavy atom. The highest BCUT2D eigenvalue weighted by Gasteiger charge is 2.30. The van der Waals surface area contributed by atoms with E-state index in [-0.39, 0.29) is 24.5 Å². The predicted octanol–water partition coefficient (Wildman–Crippen LogP) is 4.43. The molecule has 1 saturated carbocycles. The zero-order valence-corrected chi connectivity index (χ0v) is 26.0. The Morgan fingerprint density at radius 3 is 2.53 bits per heavy atom. The van der Waals surface area contributed by atoms with Gasteiger partial charge in [-0.2, -0.15) is 0 Å². The average Bonchev–Trinajstić information content (AvgIpc) is 3.01. The predicted molar refractivity (Wildman–Crippen MR) is 167 cm³/mol. The molecule has 2 fully saturated rings. The number of benzene rings is 1. The number of nitrogens with one attached hydrogen (secondary N) is 2. The topological polar surface area (TPSA) is 128 Å². The summed E-state index contributed by atoms with van der Waals surface area (Å²) in [5, 5.41) is 6.70. The van der Waals surface area contributed by atoms with Crippen LogP contribution in [0, 0.1) is 5.92 Å². The fraction of sp³-hybridized carbons (Fsp3) is 0.606. The van der Waals surface area contributed by atoms with Gasteiger partial charge in [-0.05, 0) is 63.6 Å². The van der Waals surface area contributed by atoms with Crippen LogP contribution < -0.4 is 21.1 Å². The molecule has 236 valence electrons. The molecule has 2 heterocycles. The number of anilines is 1. The third kappa shape index (κ3) is 10.8. The lowest BCUT2D eigenvalue weighted by atomic mass is 9.82. The van der Waals surface area contributed by atoms with E-state index in [0.717, 1.165) is 18.4 Å². The van der Waals surface area contributed by atoms with E-state index in [2.05, 4.69) is 15.6 Å². The monoisotopic (exact) mass is 595 g/mol. The first kappa shape index (κ1) is 32.7. The van der Waals surface area contributed by atoms with Crippen LogP contribution in [0.25, 0.3) is 0 Å². The molecule has 1 saturated heterocycles. The van der Waals surface area contributed by atoms with E-state index in [1.54, 1.807) is 11.1 Å². The van der Waals surface area contributed by atoms with Crippen molar-refractivity contribution in [3.05, 3.63) is 48.2 Å². The average molecular weight is 596 g/mol. The summed E-state index contributed by atoms with van der Waals surface area (Å²) in [6, 6.07) is 10.8. The minimum atomic E-state index is -0.731. The summed E-state index contributed by atoms with van der Waals surface area (Å²) < 4.78 is 17.3. The van der Waals surface area contributed by atoms with Crippen molar-refractivity contribution in [2.24, 2.45) is 5.92 Å². The van der Waals surface area contributed by atoms with Crippen molar-refractivity contribution in [2.75, 3.05) is 38.6 Å². The first-order valence-corrected chi connectivity index (χ1v) is 15.7. The number of ether oxygens (including phenoxy) is 3. The number of aromatic nitrogens is 1. The second-order valence-corrected chi connectivity index (χ2v) is 12.5. The number of carbonyl (C=O) groups is 2. The van der Waals surface area contributed by atoms with Crippen LogP contribution in [0.2, 0.25) is 0 Å². The summed E-state index contributed by atoms with van der Waals surface area (Å²) in [6.07, 6.45) is 8.50. The smallest absolute Gasteiger partial charge is 0.247 e. The van der Waals surface area contributed by atoms with Crippen LogP contribution in [0.5, 0.6) is 11.6 Å². The second-order valence-electron chi connectivity index (χ2n) is 12.5. The summed E-state index contributed by atoms with van der Waals surface area (Å²) in [4.78, 5) is 32.7. The fourth-order valence-corrected chi connectivity index (χ4v) is 5.65. The lowest BCUT2D eigenvalue weighted by Crippen LogP contribution is -2.54. The zero-order chi connectivity index (χ0) is 30.7. The molecule has 1 aliphatic carbocycles. The molecular formula is C33H49N5O5. The van der Waals surface area contributed by atoms with Crippen LogP contribution in [-0.4, -0.2) is 72.3 Å². The van der Waals surface area contributed by atoms with Gasteiger partial charge >= 0.3 is 0 Å². The number of nitrogen functional groups attached to an aromatic ring is 1. The molecule has 2 unspecified atom stereocenters. The number of hydrogen-bond donors (Lipinski definition) is 3. The maximum Gasteiger partial charge on any atom is 0.247 e. The number of amides is 2. The second kappa shape index (κ2) is 16.0. The Balaban J connectivity index is 1.38. The molecule has 1 aromatic heterocycles. The highest BCUT2D eigenvalue weighted by molar-refractivity contribution is 5.87. The van der Waals surface area contributed by atoms with Crippen molar-refractivity contribution in [1.82, 2.24) is 20.5 Å². The molecule has 2 atom stereocenters. The Labute approximate surface area is 256 Å². The zero-order valence-electron chi connectivity index (χ0n) is 26.0. The molecule has 2 aromatic rings. The quantitative estimate of drug-likeness (QED) is 0.310. The van der Waals surface area contributed by atoms with E-state index in [4.69, 9.17) is 19.9 Å². The van der Waals surface area contributed by atoms with Crippen LogP contribution in [-0.2, 0) is 25.6 Å². The van der Waals surface area contributed by atoms with Gasteiger partial charge in [0, 0.05) is 38.2 Å². The van der Waals surface area contributed by atoms with Crippen molar-refractivity contribution in [3.8, 4) is 11.6 Å². The molecule has 2 amide bonds. The third-order valence-corrected chi connectivity index (χ3v) is 8.06. The van der Waals surface area contributed by atoms with E-state index in [0.29, 0.717) is 68.9 Å². The van der Waals surface area contributed by atoms with Gasteiger partial charge in [0.25, 0.3) is 0 Å². The van der Waals surface area contributed by atoms with Gasteiger partial charge in [-0.15, -0.1) is 0 Å². The molecule has 4 rings (SSSR count). The van der Waals surface area contributed by atoms with Crippen molar-refractivity contribution in [1.29, 1.82) is 0 Å². The van der Waals surface area contributed by atoms with Crippen LogP contribution in [0.4, 0.5) is 5.69 Å². The minimum Gasteiger partial charge on any atom is -0.439 e.